The molecule has 15 rings (SSSR count). The molecule has 23 heteroatoms. The van der Waals surface area contributed by atoms with E-state index in [1.807, 2.05) is 111 Å². The van der Waals surface area contributed by atoms with Gasteiger partial charge in [-0.3, -0.25) is 0 Å². The number of methoxy groups -OCH3 is 14. The molecular formula is C106H215N5O14S4. The van der Waals surface area contributed by atoms with E-state index >= 15 is 0 Å². The summed E-state index contributed by atoms with van der Waals surface area (Å²) >= 11 is 8.07. The Morgan fingerprint density at radius 1 is 0.395 bits per heavy atom. The van der Waals surface area contributed by atoms with Crippen LogP contribution < -0.4 is 14.8 Å². The summed E-state index contributed by atoms with van der Waals surface area (Å²) in [6.07, 6.45) is 61.8. The Hall–Kier alpha value is -0.460. The van der Waals surface area contributed by atoms with Crippen LogP contribution in [0, 0.1) is 22.7 Å². The van der Waals surface area contributed by atoms with Crippen molar-refractivity contribution in [3.63, 3.8) is 0 Å². The fraction of sp³-hybridized carbons (Fsp3) is 0.943. The van der Waals surface area contributed by atoms with Gasteiger partial charge in [0.25, 0.3) is 0 Å². The summed E-state index contributed by atoms with van der Waals surface area (Å²) in [4.78, 5) is 9.08. The van der Waals surface area contributed by atoms with Gasteiger partial charge in [0.05, 0.1) is 73.2 Å². The molecule has 6 bridgehead atoms. The molecule has 1 aliphatic heterocycles. The molecule has 0 unspecified atom stereocenters. The second kappa shape index (κ2) is 75.4. The molecule has 19 nitrogen and oxygen atoms in total. The van der Waals surface area contributed by atoms with Crippen LogP contribution in [0.3, 0.4) is 0 Å². The monoisotopic (exact) mass is 1910 g/mol. The molecule has 0 amide bonds. The van der Waals surface area contributed by atoms with Gasteiger partial charge in [-0.2, -0.15) is 47.0 Å². The highest BCUT2D eigenvalue weighted by atomic mass is 32.2. The number of rotatable bonds is 30. The van der Waals surface area contributed by atoms with Crippen LogP contribution in [-0.4, -0.2) is 333 Å². The maximum Gasteiger partial charge on any atom is 0.119 e. The zero-order valence-electron chi connectivity index (χ0n) is 91.0. The molecule has 0 atom stereocenters. The molecule has 1 N–H and O–H groups in total. The van der Waals surface area contributed by atoms with E-state index < -0.39 is 0 Å². The summed E-state index contributed by atoms with van der Waals surface area (Å²) in [7, 11) is 39.1. The van der Waals surface area contributed by atoms with Crippen LogP contribution in [0.25, 0.3) is 0 Å². The molecule has 13 aliphatic carbocycles. The molecular weight excluding hydrogens is 1700 g/mol. The molecule has 0 spiro atoms. The van der Waals surface area contributed by atoms with Crippen LogP contribution in [-0.2, 0) is 56.8 Å². The van der Waals surface area contributed by atoms with Crippen molar-refractivity contribution >= 4 is 47.0 Å². The molecule has 14 fully saturated rings. The molecule has 772 valence electrons. The van der Waals surface area contributed by atoms with E-state index in [0.29, 0.717) is 34.9 Å². The van der Waals surface area contributed by atoms with Crippen molar-refractivity contribution in [3.8, 4) is 11.5 Å². The first kappa shape index (κ1) is 131. The van der Waals surface area contributed by atoms with Crippen LogP contribution in [0.2, 0.25) is 0 Å². The first-order valence-corrected chi connectivity index (χ1v) is 55.5. The molecule has 13 saturated carbocycles. The van der Waals surface area contributed by atoms with E-state index in [4.69, 9.17) is 56.8 Å². The maximum atomic E-state index is 5.99. The van der Waals surface area contributed by atoms with Gasteiger partial charge in [0, 0.05) is 159 Å². The number of hydrogen-bond donors (Lipinski definition) is 1. The number of unbranched alkanes of at least 4 members (excludes halogenated alkanes) is 1. The molecule has 1 saturated heterocycles. The van der Waals surface area contributed by atoms with Crippen molar-refractivity contribution in [1.82, 2.24) is 24.9 Å². The SMILES string of the molecule is CC12CCC(C)(CC1)CC2.CC1CCC(C)CC1.CCCCNC.CN(C)CCN(C)C.CN1CCN(C)CC1.COC(C)(C)C(C)(C)OC.COC1(C2(OC)CCCCC2)CCCCC1.COC12CCC(OC)(CC1)CC2.COC1CCC(OC)CC1.COCCCOC.COCCOC.COc1ccc(OC)cc1.CSC12CCC(SC)(CC1)CC2.CSCCSC. The van der Waals surface area contributed by atoms with Crippen molar-refractivity contribution in [2.45, 2.75) is 368 Å². The second-order valence-electron chi connectivity index (χ2n) is 40.7. The van der Waals surface area contributed by atoms with E-state index in [1.54, 1.807) is 71.1 Å². The van der Waals surface area contributed by atoms with E-state index in [9.17, 15) is 0 Å². The Labute approximate surface area is 817 Å². The number of thioether (sulfide) groups is 4. The van der Waals surface area contributed by atoms with Crippen LogP contribution in [0.15, 0.2) is 24.3 Å². The molecule has 1 aromatic carbocycles. The van der Waals surface area contributed by atoms with Crippen molar-refractivity contribution in [2.75, 3.05) is 258 Å². The van der Waals surface area contributed by atoms with Crippen LogP contribution >= 0.6 is 47.0 Å². The normalized spacial score (nSPS) is 27.3. The van der Waals surface area contributed by atoms with Crippen LogP contribution in [0.5, 0.6) is 11.5 Å². The number of piperazine rings is 1. The van der Waals surface area contributed by atoms with Crippen molar-refractivity contribution in [3.05, 3.63) is 24.3 Å². The first-order chi connectivity index (χ1) is 61.3. The van der Waals surface area contributed by atoms with E-state index in [1.165, 1.54) is 256 Å². The summed E-state index contributed by atoms with van der Waals surface area (Å²) in [5, 5.41) is 3.07. The third-order valence-corrected chi connectivity index (χ3v) is 34.9. The zero-order chi connectivity index (χ0) is 97.8. The third-order valence-electron chi connectivity index (χ3n) is 30.4. The lowest BCUT2D eigenvalue weighted by Gasteiger charge is -2.52. The third kappa shape index (κ3) is 55.4. The molecule has 0 aromatic heterocycles. The minimum absolute atomic E-state index is 0.0143. The van der Waals surface area contributed by atoms with Gasteiger partial charge in [-0.25, -0.2) is 0 Å². The van der Waals surface area contributed by atoms with Gasteiger partial charge in [-0.1, -0.05) is 105 Å². The van der Waals surface area contributed by atoms with Gasteiger partial charge >= 0.3 is 0 Å². The van der Waals surface area contributed by atoms with E-state index in [2.05, 4.69) is 160 Å². The summed E-state index contributed by atoms with van der Waals surface area (Å²) in [6.45, 7) is 31.3. The Kier molecular flexibility index (Phi) is 76.4. The minimum Gasteiger partial charge on any atom is -0.497 e. The minimum atomic E-state index is -0.234. The fourth-order valence-corrected chi connectivity index (χ4v) is 21.6. The highest BCUT2D eigenvalue weighted by molar-refractivity contribution is 8.02. The van der Waals surface area contributed by atoms with Crippen molar-refractivity contribution in [1.29, 1.82) is 0 Å². The number of fused-ring (bicyclic) bond motifs is 9. The van der Waals surface area contributed by atoms with Crippen LogP contribution in [0.1, 0.15) is 313 Å². The maximum absolute atomic E-state index is 5.99. The second-order valence-corrected chi connectivity index (χ2v) is 45.2. The van der Waals surface area contributed by atoms with Gasteiger partial charge in [-0.05, 0) is 335 Å². The number of likely N-dealkylation sites (N-methyl/N-ethyl adjacent to an activating group) is 4. The smallest absolute Gasteiger partial charge is 0.119 e. The van der Waals surface area contributed by atoms with Crippen molar-refractivity contribution in [2.24, 2.45) is 22.7 Å². The van der Waals surface area contributed by atoms with E-state index in [0.717, 1.165) is 99.1 Å². The summed E-state index contributed by atoms with van der Waals surface area (Å²) in [5.74, 6) is 6.32. The number of ether oxygens (including phenoxy) is 14. The molecule has 14 aliphatic rings. The number of benzene rings is 1. The molecule has 1 heterocycles. The lowest BCUT2D eigenvalue weighted by atomic mass is 9.55. The Morgan fingerprint density at radius 3 is 0.876 bits per heavy atom. The standard InChI is InChI=1S/C14H26O2.C10H18O2.C10H18S2.C10H18.C8H16O2.C8H10O2.C8H18O2.C8H16.C6H14N2.C6H16N2.C5H13N.C5H12O2.C4H10O2.C4H10S2/c1-15-13(9-5-3-6-10-13)14(16-2)11-7-4-8-12-14;2*1-11-9-3-6-10(12-2,7-4-9)8-5-9;1-9-3-6-10(2,7-4-9)8-5-9;2*1-9-7-3-5-8(10-2)6-4-7;1-7(2,9-5)8(3,4)10-6;2*1-7-3-5-8(2)6-4-7;1-7(2)5-6-8(3)4;1-3-4-5-6-2;1-6-4-3-5-7-2;2*1-5-3-4-6-2/h3-12H2,1-2H3;2*3-8H2,1-2H3;3-8H2,1-2H3;7-8H,3-6H2,1-2H3;3-6H,1-2H3;1-6H3;7-8H,3-6H2,1-2H3;3-6H2,1-2H3;5-6H2,1-4H3;6H,3-5H2,1-2H3;3-5H2,1-2H3;2*3-4H2,1-2H3. The highest BCUT2D eigenvalue weighted by Crippen LogP contribution is 2.58. The first-order valence-electron chi connectivity index (χ1n) is 50.3. The lowest BCUT2D eigenvalue weighted by Crippen LogP contribution is -2.58. The number of nitrogens with one attached hydrogen (secondary N) is 1. The average Bonchev–Trinajstić information content (AvgIpc) is 0.788. The van der Waals surface area contributed by atoms with Gasteiger partial charge in [0.1, 0.15) is 11.5 Å². The van der Waals surface area contributed by atoms with Gasteiger partial charge < -0.3 is 91.2 Å². The Balaban J connectivity index is 0. The van der Waals surface area contributed by atoms with Gasteiger partial charge in [0.2, 0.25) is 0 Å². The Morgan fingerprint density at radius 2 is 0.682 bits per heavy atom. The Bertz CT molecular complexity index is 2330. The highest BCUT2D eigenvalue weighted by Gasteiger charge is 2.54. The van der Waals surface area contributed by atoms with E-state index in [-0.39, 0.29) is 33.6 Å². The average molecular weight is 1910 g/mol. The lowest BCUT2D eigenvalue weighted by molar-refractivity contribution is -0.212. The molecule has 129 heavy (non-hydrogen) atoms. The summed E-state index contributed by atoms with van der Waals surface area (Å²) in [5.41, 5.74) is 1.53. The summed E-state index contributed by atoms with van der Waals surface area (Å²) in [6, 6.07) is 7.44. The largest absolute Gasteiger partial charge is 0.497 e. The zero-order valence-corrected chi connectivity index (χ0v) is 94.3. The fourth-order valence-electron chi connectivity index (χ4n) is 18.4. The molecule has 0 radical (unpaired) electrons. The predicted molar refractivity (Wildman–Crippen MR) is 565 cm³/mol. The summed E-state index contributed by atoms with van der Waals surface area (Å²) < 4.78 is 74.3. The quantitative estimate of drug-likeness (QED) is 0.0726. The topological polar surface area (TPSA) is 154 Å². The van der Waals surface area contributed by atoms with Crippen LogP contribution in [0.4, 0.5) is 0 Å². The predicted octanol–water partition coefficient (Wildman–Crippen LogP) is 24.3. The number of nitrogens with zero attached hydrogens (tertiary/aromatic N) is 4. The number of hydrogen-bond acceptors (Lipinski definition) is 23. The van der Waals surface area contributed by atoms with Crippen molar-refractivity contribution < 1.29 is 66.3 Å². The molecule has 1 aromatic rings. The van der Waals surface area contributed by atoms with Gasteiger partial charge in [-0.15, -0.1) is 0 Å². The van der Waals surface area contributed by atoms with Gasteiger partial charge in [0.15, 0.2) is 0 Å².